The zero-order chi connectivity index (χ0) is 13.1. The highest BCUT2D eigenvalue weighted by atomic mass is 15.2. The van der Waals surface area contributed by atoms with E-state index in [1.165, 1.54) is 71.0 Å². The molecule has 3 aliphatic rings. The lowest BCUT2D eigenvalue weighted by molar-refractivity contribution is 0.282. The van der Waals surface area contributed by atoms with E-state index in [2.05, 4.69) is 22.5 Å². The Morgan fingerprint density at radius 1 is 1.11 bits per heavy atom. The predicted octanol–water partition coefficient (Wildman–Crippen LogP) is 2.12. The summed E-state index contributed by atoms with van der Waals surface area (Å²) in [6.45, 7) is 6.31. The van der Waals surface area contributed by atoms with E-state index in [9.17, 15) is 0 Å². The molecule has 0 aliphatic carbocycles. The number of fused-ring (bicyclic) bond motifs is 1. The van der Waals surface area contributed by atoms with Gasteiger partial charge in [0, 0.05) is 30.7 Å². The van der Waals surface area contributed by atoms with Crippen LogP contribution in [-0.2, 0) is 0 Å². The van der Waals surface area contributed by atoms with Gasteiger partial charge in [-0.25, -0.2) is 0 Å². The number of hydrogen-bond donors (Lipinski definition) is 2. The SMILES string of the molecule is CC(CC1CCCCCN1)NC1CCN2CCCC12. The van der Waals surface area contributed by atoms with Gasteiger partial charge in [-0.05, 0) is 58.5 Å². The van der Waals surface area contributed by atoms with Crippen LogP contribution in [0.2, 0.25) is 0 Å². The van der Waals surface area contributed by atoms with Crippen LogP contribution in [0.4, 0.5) is 0 Å². The molecular formula is C16H31N3. The third-order valence-electron chi connectivity index (χ3n) is 5.41. The van der Waals surface area contributed by atoms with Crippen molar-refractivity contribution in [3.05, 3.63) is 0 Å². The third kappa shape index (κ3) is 3.50. The number of nitrogens with zero attached hydrogens (tertiary/aromatic N) is 1. The van der Waals surface area contributed by atoms with Gasteiger partial charge in [0.05, 0.1) is 0 Å². The fraction of sp³-hybridized carbons (Fsp3) is 1.00. The maximum Gasteiger partial charge on any atom is 0.0250 e. The Morgan fingerprint density at radius 2 is 2.05 bits per heavy atom. The van der Waals surface area contributed by atoms with Crippen molar-refractivity contribution in [1.82, 2.24) is 15.5 Å². The number of hydrogen-bond acceptors (Lipinski definition) is 3. The maximum absolute atomic E-state index is 3.94. The Morgan fingerprint density at radius 3 is 3.00 bits per heavy atom. The first kappa shape index (κ1) is 13.8. The summed E-state index contributed by atoms with van der Waals surface area (Å²) in [6, 6.07) is 3.04. The van der Waals surface area contributed by atoms with Gasteiger partial charge >= 0.3 is 0 Å². The summed E-state index contributed by atoms with van der Waals surface area (Å²) in [7, 11) is 0. The Bertz CT molecular complexity index is 273. The third-order valence-corrected chi connectivity index (χ3v) is 5.41. The second-order valence-electron chi connectivity index (χ2n) is 6.94. The zero-order valence-corrected chi connectivity index (χ0v) is 12.5. The minimum absolute atomic E-state index is 0.668. The molecule has 0 amide bonds. The van der Waals surface area contributed by atoms with Gasteiger partial charge < -0.3 is 10.6 Å². The second-order valence-corrected chi connectivity index (χ2v) is 6.94. The van der Waals surface area contributed by atoms with E-state index in [-0.39, 0.29) is 0 Å². The van der Waals surface area contributed by atoms with Crippen molar-refractivity contribution >= 4 is 0 Å². The highest BCUT2D eigenvalue weighted by molar-refractivity contribution is 4.96. The van der Waals surface area contributed by atoms with E-state index < -0.39 is 0 Å². The minimum Gasteiger partial charge on any atom is -0.314 e. The Labute approximate surface area is 118 Å². The molecule has 3 heterocycles. The molecule has 3 saturated heterocycles. The van der Waals surface area contributed by atoms with Crippen LogP contribution >= 0.6 is 0 Å². The Kier molecular flexibility index (Phi) is 4.78. The minimum atomic E-state index is 0.668. The molecule has 2 N–H and O–H groups in total. The van der Waals surface area contributed by atoms with Crippen LogP contribution in [-0.4, -0.2) is 48.7 Å². The maximum atomic E-state index is 3.94. The molecule has 0 aromatic rings. The molecule has 110 valence electrons. The number of rotatable bonds is 4. The summed E-state index contributed by atoms with van der Waals surface area (Å²) in [4.78, 5) is 2.70. The van der Waals surface area contributed by atoms with Gasteiger partial charge in [-0.15, -0.1) is 0 Å². The molecule has 19 heavy (non-hydrogen) atoms. The van der Waals surface area contributed by atoms with Crippen LogP contribution in [0, 0.1) is 0 Å². The molecule has 3 nitrogen and oxygen atoms in total. The molecule has 0 bridgehead atoms. The van der Waals surface area contributed by atoms with Crippen LogP contribution in [0.25, 0.3) is 0 Å². The lowest BCUT2D eigenvalue weighted by atomic mass is 10.0. The van der Waals surface area contributed by atoms with E-state index in [0.29, 0.717) is 6.04 Å². The summed E-state index contributed by atoms with van der Waals surface area (Å²) in [6.07, 6.45) is 11.1. The van der Waals surface area contributed by atoms with E-state index in [1.54, 1.807) is 0 Å². The molecular weight excluding hydrogens is 234 g/mol. The summed E-state index contributed by atoms with van der Waals surface area (Å²) in [5.74, 6) is 0. The quantitative estimate of drug-likeness (QED) is 0.815. The van der Waals surface area contributed by atoms with Gasteiger partial charge in [0.25, 0.3) is 0 Å². The molecule has 0 aromatic heterocycles. The molecule has 0 saturated carbocycles. The Balaban J connectivity index is 1.44. The van der Waals surface area contributed by atoms with Crippen molar-refractivity contribution in [3.8, 4) is 0 Å². The van der Waals surface area contributed by atoms with Gasteiger partial charge in [0.1, 0.15) is 0 Å². The van der Waals surface area contributed by atoms with Gasteiger partial charge in [0.15, 0.2) is 0 Å². The molecule has 0 aromatic carbocycles. The fourth-order valence-electron chi connectivity index (χ4n) is 4.44. The summed E-state index contributed by atoms with van der Waals surface area (Å²) >= 11 is 0. The standard InChI is InChI=1S/C16H31N3/c1-13(12-14-6-3-2-4-9-17-14)18-15-8-11-19-10-5-7-16(15)19/h13-18H,2-12H2,1H3. The smallest absolute Gasteiger partial charge is 0.0250 e. The first-order valence-electron chi connectivity index (χ1n) is 8.56. The topological polar surface area (TPSA) is 27.3 Å². The molecule has 3 heteroatoms. The van der Waals surface area contributed by atoms with Crippen molar-refractivity contribution < 1.29 is 0 Å². The lowest BCUT2D eigenvalue weighted by Crippen LogP contribution is -2.45. The van der Waals surface area contributed by atoms with Gasteiger partial charge in [0.2, 0.25) is 0 Å². The summed E-state index contributed by atoms with van der Waals surface area (Å²) in [5, 5.41) is 7.67. The highest BCUT2D eigenvalue weighted by Crippen LogP contribution is 2.28. The number of nitrogens with one attached hydrogen (secondary N) is 2. The largest absolute Gasteiger partial charge is 0.314 e. The van der Waals surface area contributed by atoms with Crippen molar-refractivity contribution in [2.24, 2.45) is 0 Å². The molecule has 3 rings (SSSR count). The molecule has 3 fully saturated rings. The van der Waals surface area contributed by atoms with Gasteiger partial charge in [-0.1, -0.05) is 12.8 Å². The van der Waals surface area contributed by atoms with Crippen molar-refractivity contribution in [2.75, 3.05) is 19.6 Å². The van der Waals surface area contributed by atoms with Crippen LogP contribution in [0.5, 0.6) is 0 Å². The second kappa shape index (κ2) is 6.55. The van der Waals surface area contributed by atoms with Crippen LogP contribution < -0.4 is 10.6 Å². The predicted molar refractivity (Wildman–Crippen MR) is 80.5 cm³/mol. The average Bonchev–Trinajstić information content (AvgIpc) is 2.90. The van der Waals surface area contributed by atoms with Crippen molar-refractivity contribution in [2.45, 2.75) is 82.5 Å². The van der Waals surface area contributed by atoms with E-state index in [1.807, 2.05) is 0 Å². The first-order chi connectivity index (χ1) is 9.33. The molecule has 4 unspecified atom stereocenters. The van der Waals surface area contributed by atoms with Crippen LogP contribution in [0.1, 0.15) is 58.3 Å². The Hall–Kier alpha value is -0.120. The van der Waals surface area contributed by atoms with E-state index in [0.717, 1.165) is 18.1 Å². The highest BCUT2D eigenvalue weighted by Gasteiger charge is 2.37. The first-order valence-corrected chi connectivity index (χ1v) is 8.56. The van der Waals surface area contributed by atoms with Crippen molar-refractivity contribution in [1.29, 1.82) is 0 Å². The summed E-state index contributed by atoms with van der Waals surface area (Å²) < 4.78 is 0. The van der Waals surface area contributed by atoms with E-state index >= 15 is 0 Å². The normalized spacial score (nSPS) is 38.1. The summed E-state index contributed by atoms with van der Waals surface area (Å²) in [5.41, 5.74) is 0. The van der Waals surface area contributed by atoms with Gasteiger partial charge in [-0.2, -0.15) is 0 Å². The van der Waals surface area contributed by atoms with Crippen LogP contribution in [0.3, 0.4) is 0 Å². The molecule has 3 aliphatic heterocycles. The van der Waals surface area contributed by atoms with Crippen molar-refractivity contribution in [3.63, 3.8) is 0 Å². The molecule has 0 spiro atoms. The molecule has 4 atom stereocenters. The van der Waals surface area contributed by atoms with Gasteiger partial charge in [-0.3, -0.25) is 4.90 Å². The van der Waals surface area contributed by atoms with E-state index in [4.69, 9.17) is 0 Å². The average molecular weight is 265 g/mol. The molecule has 0 radical (unpaired) electrons. The van der Waals surface area contributed by atoms with Crippen LogP contribution in [0.15, 0.2) is 0 Å². The monoisotopic (exact) mass is 265 g/mol. The fourth-order valence-corrected chi connectivity index (χ4v) is 4.44. The lowest BCUT2D eigenvalue weighted by Gasteiger charge is -2.27. The zero-order valence-electron chi connectivity index (χ0n) is 12.5.